The van der Waals surface area contributed by atoms with Crippen LogP contribution in [0.2, 0.25) is 5.02 Å². The van der Waals surface area contributed by atoms with E-state index in [1.807, 2.05) is 31.1 Å². The number of rotatable bonds is 9. The molecule has 0 N–H and O–H groups in total. The van der Waals surface area contributed by atoms with Crippen LogP contribution in [0.25, 0.3) is 16.3 Å². The summed E-state index contributed by atoms with van der Waals surface area (Å²) in [7, 11) is 8.59. The zero-order valence-corrected chi connectivity index (χ0v) is 20.3. The molecule has 0 saturated heterocycles. The Balaban J connectivity index is 1.91. The minimum absolute atomic E-state index is 0.175. The van der Waals surface area contributed by atoms with E-state index in [9.17, 15) is 4.79 Å². The molecule has 0 spiro atoms. The van der Waals surface area contributed by atoms with Gasteiger partial charge in [-0.15, -0.1) is 0 Å². The third-order valence-corrected chi connectivity index (χ3v) is 5.99. The molecule has 0 fully saturated rings. The topological polar surface area (TPSA) is 64.1 Å². The number of hydrogen-bond donors (Lipinski definition) is 0. The van der Waals surface area contributed by atoms with E-state index in [1.54, 1.807) is 50.5 Å². The van der Waals surface area contributed by atoms with E-state index in [1.165, 1.54) is 17.4 Å². The molecule has 0 aliphatic heterocycles. The molecule has 0 aliphatic carbocycles. The Kier molecular flexibility index (Phi) is 7.95. The second-order valence-electron chi connectivity index (χ2n) is 7.19. The minimum Gasteiger partial charge on any atom is -0.493 e. The number of hydrogen-bond acceptors (Lipinski definition) is 7. The number of carbonyl (C=O) groups excluding carboxylic acids is 1. The molecule has 1 amide bonds. The molecule has 1 heterocycles. The summed E-state index contributed by atoms with van der Waals surface area (Å²) in [5.41, 5.74) is 1.56. The van der Waals surface area contributed by atoms with Crippen LogP contribution in [0.4, 0.5) is 5.13 Å². The van der Waals surface area contributed by atoms with Crippen molar-refractivity contribution in [1.82, 2.24) is 9.88 Å². The third-order valence-electron chi connectivity index (χ3n) is 4.71. The Bertz CT molecular complexity index is 1100. The molecule has 0 saturated carbocycles. The molecule has 9 heteroatoms. The van der Waals surface area contributed by atoms with Gasteiger partial charge in [-0.3, -0.25) is 9.69 Å². The predicted octanol–water partition coefficient (Wildman–Crippen LogP) is 4.58. The standard InChI is InChI=1S/C23H26ClN3O4S/c1-26(2)10-11-27(23-25-17-8-7-16(24)14-20(17)32-23)21(28)9-6-15-12-18(29-3)22(31-5)19(13-15)30-4/h6-9,12-14H,10-11H2,1-5H3. The number of carbonyl (C=O) groups is 1. The first kappa shape index (κ1) is 23.8. The van der Waals surface area contributed by atoms with Gasteiger partial charge in [0.15, 0.2) is 16.6 Å². The molecular weight excluding hydrogens is 450 g/mol. The van der Waals surface area contributed by atoms with Crippen molar-refractivity contribution in [2.24, 2.45) is 0 Å². The minimum atomic E-state index is -0.175. The number of thiazole rings is 1. The zero-order valence-electron chi connectivity index (χ0n) is 18.7. The highest BCUT2D eigenvalue weighted by atomic mass is 35.5. The van der Waals surface area contributed by atoms with Crippen molar-refractivity contribution >= 4 is 50.3 Å². The smallest absolute Gasteiger partial charge is 0.252 e. The lowest BCUT2D eigenvalue weighted by Gasteiger charge is -2.20. The average Bonchev–Trinajstić information content (AvgIpc) is 3.19. The number of methoxy groups -OCH3 is 3. The average molecular weight is 476 g/mol. The maximum Gasteiger partial charge on any atom is 0.252 e. The summed E-state index contributed by atoms with van der Waals surface area (Å²) in [5.74, 6) is 1.36. The second kappa shape index (κ2) is 10.7. The van der Waals surface area contributed by atoms with E-state index in [4.69, 9.17) is 25.8 Å². The van der Waals surface area contributed by atoms with E-state index in [0.717, 1.165) is 15.8 Å². The lowest BCUT2D eigenvalue weighted by Crippen LogP contribution is -2.35. The maximum absolute atomic E-state index is 13.2. The number of fused-ring (bicyclic) bond motifs is 1. The molecule has 2 aromatic carbocycles. The quantitative estimate of drug-likeness (QED) is 0.422. The predicted molar refractivity (Wildman–Crippen MR) is 131 cm³/mol. The highest BCUT2D eigenvalue weighted by molar-refractivity contribution is 7.22. The van der Waals surface area contributed by atoms with Crippen LogP contribution >= 0.6 is 22.9 Å². The molecule has 0 unspecified atom stereocenters. The first-order chi connectivity index (χ1) is 15.4. The fraction of sp³-hybridized carbons (Fsp3) is 0.304. The number of anilines is 1. The molecule has 0 radical (unpaired) electrons. The fourth-order valence-corrected chi connectivity index (χ4v) is 4.33. The highest BCUT2D eigenvalue weighted by Crippen LogP contribution is 2.38. The van der Waals surface area contributed by atoms with Gasteiger partial charge in [0.25, 0.3) is 5.91 Å². The molecule has 170 valence electrons. The van der Waals surface area contributed by atoms with Gasteiger partial charge in [-0.05, 0) is 56.1 Å². The van der Waals surface area contributed by atoms with Crippen LogP contribution < -0.4 is 19.1 Å². The highest BCUT2D eigenvalue weighted by Gasteiger charge is 2.19. The summed E-state index contributed by atoms with van der Waals surface area (Å²) < 4.78 is 17.1. The number of aromatic nitrogens is 1. The van der Waals surface area contributed by atoms with Gasteiger partial charge in [0, 0.05) is 24.2 Å². The van der Waals surface area contributed by atoms with Gasteiger partial charge in [0.2, 0.25) is 5.75 Å². The van der Waals surface area contributed by atoms with Crippen molar-refractivity contribution in [1.29, 1.82) is 0 Å². The molecule has 1 aromatic heterocycles. The third kappa shape index (κ3) is 5.51. The summed E-state index contributed by atoms with van der Waals surface area (Å²) in [6.45, 7) is 1.19. The van der Waals surface area contributed by atoms with Gasteiger partial charge in [-0.25, -0.2) is 4.98 Å². The van der Waals surface area contributed by atoms with Crippen LogP contribution in [0.15, 0.2) is 36.4 Å². The van der Waals surface area contributed by atoms with E-state index in [0.29, 0.717) is 40.5 Å². The van der Waals surface area contributed by atoms with Crippen molar-refractivity contribution in [2.75, 3.05) is 53.4 Å². The van der Waals surface area contributed by atoms with Crippen LogP contribution in [0, 0.1) is 0 Å². The Morgan fingerprint density at radius 3 is 2.34 bits per heavy atom. The van der Waals surface area contributed by atoms with Gasteiger partial charge in [-0.2, -0.15) is 0 Å². The monoisotopic (exact) mass is 475 g/mol. The normalized spacial score (nSPS) is 11.3. The van der Waals surface area contributed by atoms with E-state index < -0.39 is 0 Å². The van der Waals surface area contributed by atoms with Crippen molar-refractivity contribution < 1.29 is 19.0 Å². The second-order valence-corrected chi connectivity index (χ2v) is 8.64. The first-order valence-electron chi connectivity index (χ1n) is 9.86. The summed E-state index contributed by atoms with van der Waals surface area (Å²) >= 11 is 7.55. The Hall–Kier alpha value is -2.81. The van der Waals surface area contributed by atoms with Crippen molar-refractivity contribution in [3.63, 3.8) is 0 Å². The molecule has 0 atom stereocenters. The number of halogens is 1. The Morgan fingerprint density at radius 2 is 1.75 bits per heavy atom. The number of likely N-dealkylation sites (N-methyl/N-ethyl adjacent to an activating group) is 1. The number of benzene rings is 2. The Labute approximate surface area is 196 Å². The van der Waals surface area contributed by atoms with Crippen LogP contribution in [0.5, 0.6) is 17.2 Å². The fourth-order valence-electron chi connectivity index (χ4n) is 3.06. The molecule has 3 rings (SSSR count). The van der Waals surface area contributed by atoms with E-state index in [2.05, 4.69) is 4.98 Å². The van der Waals surface area contributed by atoms with Crippen LogP contribution in [-0.2, 0) is 4.79 Å². The number of amides is 1. The van der Waals surface area contributed by atoms with Gasteiger partial charge < -0.3 is 19.1 Å². The van der Waals surface area contributed by atoms with Gasteiger partial charge >= 0.3 is 0 Å². The van der Waals surface area contributed by atoms with Crippen LogP contribution in [0.1, 0.15) is 5.56 Å². The van der Waals surface area contributed by atoms with Gasteiger partial charge in [0.05, 0.1) is 31.5 Å². The van der Waals surface area contributed by atoms with E-state index >= 15 is 0 Å². The Morgan fingerprint density at radius 1 is 1.06 bits per heavy atom. The summed E-state index contributed by atoms with van der Waals surface area (Å²) in [4.78, 5) is 21.5. The molecular formula is C23H26ClN3O4S. The molecule has 7 nitrogen and oxygen atoms in total. The first-order valence-corrected chi connectivity index (χ1v) is 11.1. The summed E-state index contributed by atoms with van der Waals surface area (Å²) in [6, 6.07) is 9.09. The molecule has 32 heavy (non-hydrogen) atoms. The van der Waals surface area contributed by atoms with Gasteiger partial charge in [-0.1, -0.05) is 22.9 Å². The lowest BCUT2D eigenvalue weighted by atomic mass is 10.1. The zero-order chi connectivity index (χ0) is 23.3. The van der Waals surface area contributed by atoms with Crippen molar-refractivity contribution in [2.45, 2.75) is 0 Å². The lowest BCUT2D eigenvalue weighted by molar-refractivity contribution is -0.114. The number of ether oxygens (including phenoxy) is 3. The summed E-state index contributed by atoms with van der Waals surface area (Å²) in [5, 5.41) is 1.27. The molecule has 3 aromatic rings. The van der Waals surface area contributed by atoms with Crippen LogP contribution in [0.3, 0.4) is 0 Å². The molecule has 0 aliphatic rings. The SMILES string of the molecule is COc1cc(C=CC(=O)N(CCN(C)C)c2nc3ccc(Cl)cc3s2)cc(OC)c1OC. The van der Waals surface area contributed by atoms with Crippen molar-refractivity contribution in [3.05, 3.63) is 47.0 Å². The largest absolute Gasteiger partial charge is 0.493 e. The maximum atomic E-state index is 13.2. The van der Waals surface area contributed by atoms with Crippen molar-refractivity contribution in [3.8, 4) is 17.2 Å². The van der Waals surface area contributed by atoms with E-state index in [-0.39, 0.29) is 5.91 Å². The molecule has 0 bridgehead atoms. The van der Waals surface area contributed by atoms with Crippen LogP contribution in [-0.4, -0.2) is 64.3 Å². The van der Waals surface area contributed by atoms with Gasteiger partial charge in [0.1, 0.15) is 0 Å². The number of nitrogens with zero attached hydrogens (tertiary/aromatic N) is 3. The summed E-state index contributed by atoms with van der Waals surface area (Å²) in [6.07, 6.45) is 3.25.